The summed E-state index contributed by atoms with van der Waals surface area (Å²) in [4.78, 5) is 27.1. The van der Waals surface area contributed by atoms with Crippen molar-refractivity contribution in [2.45, 2.75) is 50.9 Å². The predicted octanol–water partition coefficient (Wildman–Crippen LogP) is 4.84. The van der Waals surface area contributed by atoms with Gasteiger partial charge in [0.05, 0.1) is 5.56 Å². The molecule has 2 N–H and O–H groups in total. The molecule has 2 aromatic rings. The summed E-state index contributed by atoms with van der Waals surface area (Å²) in [6.07, 6.45) is -0.191. The topological polar surface area (TPSA) is 63.4 Å². The van der Waals surface area contributed by atoms with Crippen LogP contribution >= 0.6 is 0 Å². The number of nitrogens with zero attached hydrogens (tertiary/aromatic N) is 1. The molecule has 7 heteroatoms. The number of carbonyl (C=O) groups is 2. The number of benzene rings is 2. The van der Waals surface area contributed by atoms with Gasteiger partial charge in [-0.25, -0.2) is 0 Å². The van der Waals surface area contributed by atoms with Crippen LogP contribution in [0.3, 0.4) is 0 Å². The van der Waals surface area contributed by atoms with Gasteiger partial charge in [0.2, 0.25) is 11.8 Å². The van der Waals surface area contributed by atoms with Crippen LogP contribution in [0.25, 0.3) is 0 Å². The number of halogens is 3. The summed E-state index contributed by atoms with van der Waals surface area (Å²) < 4.78 is 39.5. The first-order chi connectivity index (χ1) is 14.3. The average molecular weight is 418 g/mol. The van der Waals surface area contributed by atoms with Crippen LogP contribution in [0, 0.1) is 5.92 Å². The highest BCUT2D eigenvalue weighted by atomic mass is 19.4. The van der Waals surface area contributed by atoms with E-state index in [0.717, 1.165) is 31.4 Å². The smallest absolute Gasteiger partial charge is 0.368 e. The lowest BCUT2D eigenvalue weighted by molar-refractivity contribution is -0.144. The average Bonchev–Trinajstić information content (AvgIpc) is 2.73. The number of hydrogen-bond acceptors (Lipinski definition) is 2. The number of hydrogen-bond donors (Lipinski definition) is 1. The van der Waals surface area contributed by atoms with Crippen molar-refractivity contribution in [3.8, 4) is 0 Å². The Morgan fingerprint density at radius 2 is 1.67 bits per heavy atom. The number of nitrogens with two attached hydrogens (primary N) is 1. The normalized spacial score (nSPS) is 16.1. The number of alkyl halides is 3. The van der Waals surface area contributed by atoms with Gasteiger partial charge in [-0.2, -0.15) is 13.2 Å². The lowest BCUT2D eigenvalue weighted by Crippen LogP contribution is -2.44. The Bertz CT molecular complexity index is 878. The highest BCUT2D eigenvalue weighted by Gasteiger charge is 2.35. The van der Waals surface area contributed by atoms with Crippen LogP contribution in [-0.2, 0) is 22.3 Å². The van der Waals surface area contributed by atoms with E-state index in [1.165, 1.54) is 17.0 Å². The van der Waals surface area contributed by atoms with E-state index >= 15 is 0 Å². The van der Waals surface area contributed by atoms with Crippen LogP contribution in [0.1, 0.15) is 54.8 Å². The van der Waals surface area contributed by atoms with Gasteiger partial charge in [-0.05, 0) is 36.1 Å². The third kappa shape index (κ3) is 5.20. The summed E-state index contributed by atoms with van der Waals surface area (Å²) in [5, 5.41) is 0. The lowest BCUT2D eigenvalue weighted by Gasteiger charge is -2.34. The highest BCUT2D eigenvalue weighted by molar-refractivity contribution is 5.88. The van der Waals surface area contributed by atoms with Crippen molar-refractivity contribution >= 4 is 11.8 Å². The van der Waals surface area contributed by atoms with Gasteiger partial charge in [0.25, 0.3) is 0 Å². The van der Waals surface area contributed by atoms with Gasteiger partial charge in [0, 0.05) is 12.5 Å². The molecule has 0 aliphatic heterocycles. The fourth-order valence-corrected chi connectivity index (χ4v) is 4.06. The van der Waals surface area contributed by atoms with Gasteiger partial charge in [-0.3, -0.25) is 9.59 Å². The van der Waals surface area contributed by atoms with E-state index < -0.39 is 23.7 Å². The summed E-state index contributed by atoms with van der Waals surface area (Å²) in [6, 6.07) is 12.4. The number of amides is 2. The Morgan fingerprint density at radius 1 is 1.00 bits per heavy atom. The van der Waals surface area contributed by atoms with Crippen molar-refractivity contribution < 1.29 is 22.8 Å². The number of carbonyl (C=O) groups excluding carboxylic acids is 2. The maximum Gasteiger partial charge on any atom is 0.416 e. The number of rotatable bonds is 6. The molecule has 0 unspecified atom stereocenters. The van der Waals surface area contributed by atoms with Crippen molar-refractivity contribution in [3.05, 3.63) is 71.3 Å². The third-order valence-corrected chi connectivity index (χ3v) is 5.54. The Hall–Kier alpha value is -2.83. The molecule has 2 amide bonds. The highest BCUT2D eigenvalue weighted by Crippen LogP contribution is 2.33. The minimum Gasteiger partial charge on any atom is -0.368 e. The van der Waals surface area contributed by atoms with E-state index in [1.807, 2.05) is 0 Å². The van der Waals surface area contributed by atoms with E-state index in [9.17, 15) is 22.8 Å². The number of primary amides is 1. The largest absolute Gasteiger partial charge is 0.416 e. The van der Waals surface area contributed by atoms with Crippen LogP contribution in [0.15, 0.2) is 54.6 Å². The maximum absolute atomic E-state index is 13.4. The fourth-order valence-electron chi connectivity index (χ4n) is 4.06. The molecule has 0 heterocycles. The van der Waals surface area contributed by atoms with Crippen LogP contribution in [-0.4, -0.2) is 16.7 Å². The Morgan fingerprint density at radius 3 is 2.27 bits per heavy atom. The molecule has 1 atom stereocenters. The van der Waals surface area contributed by atoms with Gasteiger partial charge in [-0.1, -0.05) is 61.7 Å². The molecule has 1 aliphatic carbocycles. The molecule has 0 bridgehead atoms. The van der Waals surface area contributed by atoms with Crippen molar-refractivity contribution in [1.29, 1.82) is 0 Å². The van der Waals surface area contributed by atoms with Crippen LogP contribution < -0.4 is 5.73 Å². The second-order valence-electron chi connectivity index (χ2n) is 7.71. The second kappa shape index (κ2) is 9.32. The molecule has 1 aliphatic rings. The zero-order valence-corrected chi connectivity index (χ0v) is 16.6. The molecule has 0 aromatic heterocycles. The van der Waals surface area contributed by atoms with E-state index in [1.54, 1.807) is 30.3 Å². The quantitative estimate of drug-likeness (QED) is 0.730. The van der Waals surface area contributed by atoms with Crippen LogP contribution in [0.5, 0.6) is 0 Å². The molecule has 1 saturated carbocycles. The summed E-state index contributed by atoms with van der Waals surface area (Å²) >= 11 is 0. The molecule has 3 rings (SSSR count). The Labute approximate surface area is 173 Å². The zero-order valence-electron chi connectivity index (χ0n) is 16.6. The van der Waals surface area contributed by atoms with Crippen molar-refractivity contribution in [2.75, 3.05) is 0 Å². The van der Waals surface area contributed by atoms with E-state index in [0.29, 0.717) is 24.0 Å². The molecule has 1 fully saturated rings. The molecular formula is C23H25F3N2O2. The molecule has 0 spiro atoms. The SMILES string of the molecule is NC(=O)[C@@H](c1ccccc1)N(Cc1cccc(C(F)(F)F)c1)C(=O)C1CCCCC1. The molecule has 0 saturated heterocycles. The minimum atomic E-state index is -4.49. The van der Waals surface area contributed by atoms with Gasteiger partial charge in [0.1, 0.15) is 6.04 Å². The first-order valence-electron chi connectivity index (χ1n) is 10.1. The molecule has 2 aromatic carbocycles. The monoisotopic (exact) mass is 418 g/mol. The maximum atomic E-state index is 13.4. The molecule has 4 nitrogen and oxygen atoms in total. The van der Waals surface area contributed by atoms with Gasteiger partial charge in [-0.15, -0.1) is 0 Å². The van der Waals surface area contributed by atoms with E-state index in [4.69, 9.17) is 5.73 Å². The molecule has 0 radical (unpaired) electrons. The molecule has 160 valence electrons. The second-order valence-corrected chi connectivity index (χ2v) is 7.71. The first kappa shape index (κ1) is 21.9. The van der Waals surface area contributed by atoms with Crippen molar-refractivity contribution in [2.24, 2.45) is 11.7 Å². The Balaban J connectivity index is 1.98. The summed E-state index contributed by atoms with van der Waals surface area (Å²) in [7, 11) is 0. The van der Waals surface area contributed by atoms with Crippen LogP contribution in [0.4, 0.5) is 13.2 Å². The Kier molecular flexibility index (Phi) is 6.80. The lowest BCUT2D eigenvalue weighted by atomic mass is 9.87. The van der Waals surface area contributed by atoms with Gasteiger partial charge < -0.3 is 10.6 Å². The molecular weight excluding hydrogens is 393 g/mol. The third-order valence-electron chi connectivity index (χ3n) is 5.54. The predicted molar refractivity (Wildman–Crippen MR) is 107 cm³/mol. The molecule has 30 heavy (non-hydrogen) atoms. The van der Waals surface area contributed by atoms with Crippen LogP contribution in [0.2, 0.25) is 0 Å². The van der Waals surface area contributed by atoms with Crippen molar-refractivity contribution in [3.63, 3.8) is 0 Å². The summed E-state index contributed by atoms with van der Waals surface area (Å²) in [6.45, 7) is -0.123. The van der Waals surface area contributed by atoms with Crippen molar-refractivity contribution in [1.82, 2.24) is 4.90 Å². The van der Waals surface area contributed by atoms with E-state index in [2.05, 4.69) is 0 Å². The summed E-state index contributed by atoms with van der Waals surface area (Å²) in [5.41, 5.74) is 5.73. The van der Waals surface area contributed by atoms with E-state index in [-0.39, 0.29) is 18.4 Å². The fraction of sp³-hybridized carbons (Fsp3) is 0.391. The van der Waals surface area contributed by atoms with Gasteiger partial charge >= 0.3 is 6.18 Å². The standard InChI is InChI=1S/C23H25F3N2O2/c24-23(25,26)19-13-7-8-16(14-19)15-28(22(30)18-11-5-2-6-12-18)20(21(27)29)17-9-3-1-4-10-17/h1,3-4,7-10,13-14,18,20H,2,5-6,11-12,15H2,(H2,27,29)/t20-/m1/s1. The zero-order chi connectivity index (χ0) is 21.7. The summed E-state index contributed by atoms with van der Waals surface area (Å²) in [5.74, 6) is -1.20. The minimum absolute atomic E-state index is 0.123. The van der Waals surface area contributed by atoms with Gasteiger partial charge in [0.15, 0.2) is 0 Å². The first-order valence-corrected chi connectivity index (χ1v) is 10.1.